The number of ether oxygens (including phenoxy) is 2. The van der Waals surface area contributed by atoms with E-state index in [1.54, 1.807) is 39.0 Å². The van der Waals surface area contributed by atoms with Crippen LogP contribution >= 0.6 is 0 Å². The zero-order valence-electron chi connectivity index (χ0n) is 12.8. The lowest BCUT2D eigenvalue weighted by molar-refractivity contribution is -0.160. The maximum atomic E-state index is 11.9. The van der Waals surface area contributed by atoms with E-state index in [1.807, 2.05) is 19.9 Å². The van der Waals surface area contributed by atoms with Crippen LogP contribution in [0.3, 0.4) is 0 Å². The highest BCUT2D eigenvalue weighted by Gasteiger charge is 2.38. The number of hydrogen-bond donors (Lipinski definition) is 1. The Hall–Kier alpha value is -1.55. The summed E-state index contributed by atoms with van der Waals surface area (Å²) in [4.78, 5) is 11.9. The molecule has 1 aromatic carbocycles. The number of carbonyl (C=O) groups excluding carboxylic acids is 1. The molecule has 1 aromatic rings. The molecular formula is C16H24O4. The van der Waals surface area contributed by atoms with Gasteiger partial charge in [-0.2, -0.15) is 0 Å². The Kier molecular flexibility index (Phi) is 5.57. The van der Waals surface area contributed by atoms with Crippen molar-refractivity contribution in [1.29, 1.82) is 0 Å². The summed E-state index contributed by atoms with van der Waals surface area (Å²) in [7, 11) is 0. The van der Waals surface area contributed by atoms with Gasteiger partial charge in [0, 0.05) is 0 Å². The molecule has 1 unspecified atom stereocenters. The molecule has 0 heterocycles. The first-order valence-corrected chi connectivity index (χ1v) is 6.91. The third-order valence-corrected chi connectivity index (χ3v) is 3.03. The molecule has 112 valence electrons. The lowest BCUT2D eigenvalue weighted by atomic mass is 9.82. The molecule has 0 saturated heterocycles. The van der Waals surface area contributed by atoms with E-state index in [-0.39, 0.29) is 6.10 Å². The van der Waals surface area contributed by atoms with Crippen LogP contribution in [0.2, 0.25) is 0 Å². The SMILES string of the molecule is CCOC(=O)C(C)(C)C(O)c1cccc(OC(C)C)c1. The smallest absolute Gasteiger partial charge is 0.314 e. The fraction of sp³-hybridized carbons (Fsp3) is 0.562. The van der Waals surface area contributed by atoms with Gasteiger partial charge < -0.3 is 14.6 Å². The quantitative estimate of drug-likeness (QED) is 0.814. The molecule has 0 radical (unpaired) electrons. The van der Waals surface area contributed by atoms with Crippen LogP contribution in [-0.2, 0) is 9.53 Å². The number of carbonyl (C=O) groups is 1. The van der Waals surface area contributed by atoms with Crippen LogP contribution in [0.25, 0.3) is 0 Å². The van der Waals surface area contributed by atoms with Crippen molar-refractivity contribution in [3.8, 4) is 5.75 Å². The molecule has 0 spiro atoms. The molecule has 0 saturated carbocycles. The van der Waals surface area contributed by atoms with Gasteiger partial charge in [0.15, 0.2) is 0 Å². The minimum Gasteiger partial charge on any atom is -0.491 e. The van der Waals surface area contributed by atoms with Crippen LogP contribution in [-0.4, -0.2) is 23.8 Å². The predicted molar refractivity (Wildman–Crippen MR) is 77.6 cm³/mol. The molecule has 1 atom stereocenters. The Bertz CT molecular complexity index is 452. The summed E-state index contributed by atoms with van der Waals surface area (Å²) < 4.78 is 10.6. The highest BCUT2D eigenvalue weighted by molar-refractivity contribution is 5.77. The Morgan fingerprint density at radius 3 is 2.55 bits per heavy atom. The Balaban J connectivity index is 2.96. The van der Waals surface area contributed by atoms with Gasteiger partial charge in [-0.05, 0) is 52.3 Å². The average molecular weight is 280 g/mol. The summed E-state index contributed by atoms with van der Waals surface area (Å²) >= 11 is 0. The van der Waals surface area contributed by atoms with E-state index in [0.717, 1.165) is 0 Å². The second-order valence-corrected chi connectivity index (χ2v) is 5.58. The van der Waals surface area contributed by atoms with Gasteiger partial charge in [0.1, 0.15) is 5.75 Å². The van der Waals surface area contributed by atoms with E-state index in [9.17, 15) is 9.90 Å². The minimum atomic E-state index is -1.01. The first-order valence-electron chi connectivity index (χ1n) is 6.91. The summed E-state index contributed by atoms with van der Waals surface area (Å²) in [6.45, 7) is 9.26. The normalized spacial score (nSPS) is 13.2. The molecule has 20 heavy (non-hydrogen) atoms. The zero-order chi connectivity index (χ0) is 15.3. The van der Waals surface area contributed by atoms with Gasteiger partial charge in [-0.3, -0.25) is 4.79 Å². The maximum Gasteiger partial charge on any atom is 0.314 e. The van der Waals surface area contributed by atoms with E-state index >= 15 is 0 Å². The zero-order valence-corrected chi connectivity index (χ0v) is 12.8. The molecule has 0 fully saturated rings. The minimum absolute atomic E-state index is 0.0560. The highest BCUT2D eigenvalue weighted by atomic mass is 16.5. The van der Waals surface area contributed by atoms with Crippen molar-refractivity contribution in [2.75, 3.05) is 6.61 Å². The van der Waals surface area contributed by atoms with Crippen LogP contribution < -0.4 is 4.74 Å². The van der Waals surface area contributed by atoms with Gasteiger partial charge in [0.25, 0.3) is 0 Å². The van der Waals surface area contributed by atoms with E-state index < -0.39 is 17.5 Å². The van der Waals surface area contributed by atoms with Crippen LogP contribution in [0.1, 0.15) is 46.3 Å². The molecule has 0 aliphatic rings. The van der Waals surface area contributed by atoms with Crippen LogP contribution in [0.15, 0.2) is 24.3 Å². The number of aliphatic hydroxyl groups excluding tert-OH is 1. The van der Waals surface area contributed by atoms with Crippen molar-refractivity contribution in [3.05, 3.63) is 29.8 Å². The van der Waals surface area contributed by atoms with Gasteiger partial charge in [-0.25, -0.2) is 0 Å². The second-order valence-electron chi connectivity index (χ2n) is 5.58. The van der Waals surface area contributed by atoms with Crippen molar-refractivity contribution >= 4 is 5.97 Å². The first-order chi connectivity index (χ1) is 9.28. The maximum absolute atomic E-state index is 11.9. The van der Waals surface area contributed by atoms with E-state index in [0.29, 0.717) is 17.9 Å². The van der Waals surface area contributed by atoms with Crippen molar-refractivity contribution in [1.82, 2.24) is 0 Å². The van der Waals surface area contributed by atoms with Crippen molar-refractivity contribution in [2.45, 2.75) is 46.8 Å². The molecule has 0 aliphatic heterocycles. The summed E-state index contributed by atoms with van der Waals surface area (Å²) in [5.74, 6) is 0.263. The van der Waals surface area contributed by atoms with E-state index in [2.05, 4.69) is 0 Å². The largest absolute Gasteiger partial charge is 0.491 e. The highest BCUT2D eigenvalue weighted by Crippen LogP contribution is 2.35. The van der Waals surface area contributed by atoms with Crippen LogP contribution in [0, 0.1) is 5.41 Å². The van der Waals surface area contributed by atoms with Gasteiger partial charge in [0.05, 0.1) is 24.2 Å². The number of rotatable bonds is 6. The number of benzene rings is 1. The molecule has 4 nitrogen and oxygen atoms in total. The molecule has 1 N–H and O–H groups in total. The van der Waals surface area contributed by atoms with Crippen molar-refractivity contribution in [3.63, 3.8) is 0 Å². The van der Waals surface area contributed by atoms with Gasteiger partial charge in [-0.15, -0.1) is 0 Å². The predicted octanol–water partition coefficient (Wildman–Crippen LogP) is 3.10. The van der Waals surface area contributed by atoms with Gasteiger partial charge in [0.2, 0.25) is 0 Å². The van der Waals surface area contributed by atoms with Gasteiger partial charge >= 0.3 is 5.97 Å². The Morgan fingerprint density at radius 2 is 2.00 bits per heavy atom. The number of aliphatic hydroxyl groups is 1. The van der Waals surface area contributed by atoms with Gasteiger partial charge in [-0.1, -0.05) is 12.1 Å². The van der Waals surface area contributed by atoms with Crippen LogP contribution in [0.5, 0.6) is 5.75 Å². The van der Waals surface area contributed by atoms with Crippen molar-refractivity contribution < 1.29 is 19.4 Å². The fourth-order valence-electron chi connectivity index (χ4n) is 1.88. The summed E-state index contributed by atoms with van der Waals surface area (Å²) in [5, 5.41) is 10.4. The molecule has 0 amide bonds. The first kappa shape index (κ1) is 16.5. The molecule has 0 bridgehead atoms. The standard InChI is InChI=1S/C16H24O4/c1-6-19-15(18)16(4,5)14(17)12-8-7-9-13(10-12)20-11(2)3/h7-11,14,17H,6H2,1-5H3. The topological polar surface area (TPSA) is 55.8 Å². The molecule has 0 aromatic heterocycles. The number of esters is 1. The molecule has 1 rings (SSSR count). The monoisotopic (exact) mass is 280 g/mol. The number of hydrogen-bond acceptors (Lipinski definition) is 4. The lowest BCUT2D eigenvalue weighted by Crippen LogP contribution is -2.33. The molecule has 4 heteroatoms. The summed E-state index contributed by atoms with van der Waals surface area (Å²) in [6.07, 6.45) is -0.891. The Labute approximate surface area is 120 Å². The molecule has 0 aliphatic carbocycles. The third-order valence-electron chi connectivity index (χ3n) is 3.03. The van der Waals surface area contributed by atoms with E-state index in [1.165, 1.54) is 0 Å². The lowest BCUT2D eigenvalue weighted by Gasteiger charge is -2.28. The third kappa shape index (κ3) is 3.97. The Morgan fingerprint density at radius 1 is 1.35 bits per heavy atom. The molecular weight excluding hydrogens is 256 g/mol. The summed E-state index contributed by atoms with van der Waals surface area (Å²) in [6, 6.07) is 7.16. The average Bonchev–Trinajstić information content (AvgIpc) is 2.37. The second kappa shape index (κ2) is 6.75. The van der Waals surface area contributed by atoms with Crippen molar-refractivity contribution in [2.24, 2.45) is 5.41 Å². The van der Waals surface area contributed by atoms with E-state index in [4.69, 9.17) is 9.47 Å². The summed E-state index contributed by atoms with van der Waals surface area (Å²) in [5.41, 5.74) is -0.367. The fourth-order valence-corrected chi connectivity index (χ4v) is 1.88. The van der Waals surface area contributed by atoms with Crippen LogP contribution in [0.4, 0.5) is 0 Å².